The quantitative estimate of drug-likeness (QED) is 0.561. The lowest BCUT2D eigenvalue weighted by Gasteiger charge is -2.14. The Hall–Kier alpha value is -0.120. The predicted octanol–water partition coefficient (Wildman–Crippen LogP) is 1.59. The van der Waals surface area contributed by atoms with Gasteiger partial charge in [-0.1, -0.05) is 19.8 Å². The average molecular weight is 190 g/mol. The van der Waals surface area contributed by atoms with Gasteiger partial charge in [-0.2, -0.15) is 0 Å². The van der Waals surface area contributed by atoms with E-state index in [-0.39, 0.29) is 12.7 Å². The highest BCUT2D eigenvalue weighted by Gasteiger charge is 2.05. The van der Waals surface area contributed by atoms with Crippen molar-refractivity contribution in [2.24, 2.45) is 0 Å². The van der Waals surface area contributed by atoms with E-state index in [2.05, 4.69) is 6.92 Å². The molecule has 3 heteroatoms. The maximum Gasteiger partial charge on any atom is 0.0806 e. The molecule has 0 aromatic rings. The molecule has 0 radical (unpaired) electrons. The van der Waals surface area contributed by atoms with E-state index in [1.54, 1.807) is 0 Å². The fraction of sp³-hybridized carbons (Fsp3) is 1.00. The second kappa shape index (κ2) is 9.96. The fourth-order valence-corrected chi connectivity index (χ4v) is 1.08. The van der Waals surface area contributed by atoms with Crippen molar-refractivity contribution in [3.8, 4) is 0 Å². The molecule has 13 heavy (non-hydrogen) atoms. The molecule has 1 atom stereocenters. The van der Waals surface area contributed by atoms with Gasteiger partial charge in [-0.25, -0.2) is 0 Å². The predicted molar refractivity (Wildman–Crippen MR) is 52.8 cm³/mol. The standard InChI is InChI=1S/C10H22O3/c1-3-5-6-10(9-11)13-8-7-12-4-2/h10-11H,3-9H2,1-2H3. The molecule has 0 spiro atoms. The number of hydrogen-bond acceptors (Lipinski definition) is 3. The van der Waals surface area contributed by atoms with E-state index < -0.39 is 0 Å². The van der Waals surface area contributed by atoms with Crippen LogP contribution in [0.3, 0.4) is 0 Å². The molecule has 0 aromatic heterocycles. The van der Waals surface area contributed by atoms with Gasteiger partial charge < -0.3 is 14.6 Å². The highest BCUT2D eigenvalue weighted by molar-refractivity contribution is 4.55. The lowest BCUT2D eigenvalue weighted by atomic mass is 10.2. The zero-order valence-corrected chi connectivity index (χ0v) is 8.79. The Morgan fingerprint density at radius 3 is 2.54 bits per heavy atom. The molecule has 3 nitrogen and oxygen atoms in total. The summed E-state index contributed by atoms with van der Waals surface area (Å²) in [7, 11) is 0. The Labute approximate surface area is 81.0 Å². The molecule has 1 unspecified atom stereocenters. The number of hydrogen-bond donors (Lipinski definition) is 1. The maximum absolute atomic E-state index is 8.94. The molecule has 0 aromatic carbocycles. The second-order valence-electron chi connectivity index (χ2n) is 3.01. The Bertz CT molecular complexity index is 96.2. The summed E-state index contributed by atoms with van der Waals surface area (Å²) in [4.78, 5) is 0. The van der Waals surface area contributed by atoms with Crippen LogP contribution in [0.4, 0.5) is 0 Å². The van der Waals surface area contributed by atoms with Crippen LogP contribution in [-0.2, 0) is 9.47 Å². The highest BCUT2D eigenvalue weighted by atomic mass is 16.5. The topological polar surface area (TPSA) is 38.7 Å². The number of aliphatic hydroxyl groups excluding tert-OH is 1. The number of ether oxygens (including phenoxy) is 2. The van der Waals surface area contributed by atoms with Crippen LogP contribution in [0.5, 0.6) is 0 Å². The summed E-state index contributed by atoms with van der Waals surface area (Å²) in [6, 6.07) is 0. The van der Waals surface area contributed by atoms with E-state index in [1.807, 2.05) is 6.92 Å². The summed E-state index contributed by atoms with van der Waals surface area (Å²) in [6.07, 6.45) is 3.20. The van der Waals surface area contributed by atoms with Gasteiger partial charge in [-0.3, -0.25) is 0 Å². The van der Waals surface area contributed by atoms with Gasteiger partial charge in [0.25, 0.3) is 0 Å². The maximum atomic E-state index is 8.94. The molecule has 0 bridgehead atoms. The van der Waals surface area contributed by atoms with Gasteiger partial charge in [0.05, 0.1) is 25.9 Å². The first-order valence-electron chi connectivity index (χ1n) is 5.15. The zero-order valence-electron chi connectivity index (χ0n) is 8.79. The molecule has 0 heterocycles. The number of aliphatic hydroxyl groups is 1. The third-order valence-electron chi connectivity index (χ3n) is 1.87. The van der Waals surface area contributed by atoms with Crippen LogP contribution in [0, 0.1) is 0 Å². The highest BCUT2D eigenvalue weighted by Crippen LogP contribution is 2.03. The third kappa shape index (κ3) is 8.22. The van der Waals surface area contributed by atoms with E-state index in [1.165, 1.54) is 0 Å². The molecule has 80 valence electrons. The fourth-order valence-electron chi connectivity index (χ4n) is 1.08. The molecule has 0 rings (SSSR count). The van der Waals surface area contributed by atoms with Crippen LogP contribution in [0.2, 0.25) is 0 Å². The zero-order chi connectivity index (χ0) is 9.94. The Morgan fingerprint density at radius 1 is 1.23 bits per heavy atom. The minimum absolute atomic E-state index is 0.000376. The lowest BCUT2D eigenvalue weighted by Crippen LogP contribution is -2.20. The van der Waals surface area contributed by atoms with Crippen molar-refractivity contribution in [2.45, 2.75) is 39.2 Å². The summed E-state index contributed by atoms with van der Waals surface area (Å²) in [6.45, 7) is 6.14. The normalized spacial score (nSPS) is 13.2. The van der Waals surface area contributed by atoms with E-state index in [4.69, 9.17) is 14.6 Å². The minimum Gasteiger partial charge on any atom is -0.394 e. The molecule has 0 aliphatic rings. The first-order chi connectivity index (χ1) is 6.35. The summed E-state index contributed by atoms with van der Waals surface area (Å²) in [5.74, 6) is 0. The van der Waals surface area contributed by atoms with Crippen LogP contribution in [0.25, 0.3) is 0 Å². The van der Waals surface area contributed by atoms with E-state index in [0.29, 0.717) is 13.2 Å². The molecular weight excluding hydrogens is 168 g/mol. The van der Waals surface area contributed by atoms with E-state index in [9.17, 15) is 0 Å². The molecule has 0 saturated carbocycles. The van der Waals surface area contributed by atoms with Crippen LogP contribution in [0.15, 0.2) is 0 Å². The molecule has 0 saturated heterocycles. The van der Waals surface area contributed by atoms with Crippen molar-refractivity contribution >= 4 is 0 Å². The Morgan fingerprint density at radius 2 is 2.00 bits per heavy atom. The lowest BCUT2D eigenvalue weighted by molar-refractivity contribution is -0.0215. The van der Waals surface area contributed by atoms with Crippen molar-refractivity contribution in [3.63, 3.8) is 0 Å². The van der Waals surface area contributed by atoms with E-state index >= 15 is 0 Å². The second-order valence-corrected chi connectivity index (χ2v) is 3.01. The first kappa shape index (κ1) is 12.9. The van der Waals surface area contributed by atoms with Crippen LogP contribution >= 0.6 is 0 Å². The van der Waals surface area contributed by atoms with Crippen molar-refractivity contribution in [2.75, 3.05) is 26.4 Å². The molecule has 0 aliphatic carbocycles. The monoisotopic (exact) mass is 190 g/mol. The third-order valence-corrected chi connectivity index (χ3v) is 1.87. The number of rotatable bonds is 9. The van der Waals surface area contributed by atoms with Gasteiger partial charge in [-0.15, -0.1) is 0 Å². The van der Waals surface area contributed by atoms with Crippen molar-refractivity contribution in [1.29, 1.82) is 0 Å². The summed E-state index contributed by atoms with van der Waals surface area (Å²) < 4.78 is 10.5. The van der Waals surface area contributed by atoms with Gasteiger partial charge in [-0.05, 0) is 13.3 Å². The Balaban J connectivity index is 3.25. The molecule has 1 N–H and O–H groups in total. The van der Waals surface area contributed by atoms with Crippen molar-refractivity contribution in [3.05, 3.63) is 0 Å². The van der Waals surface area contributed by atoms with Crippen LogP contribution in [0.1, 0.15) is 33.1 Å². The SMILES string of the molecule is CCCCC(CO)OCCOCC. The van der Waals surface area contributed by atoms with Crippen LogP contribution in [-0.4, -0.2) is 37.6 Å². The summed E-state index contributed by atoms with van der Waals surface area (Å²) in [5, 5.41) is 8.94. The van der Waals surface area contributed by atoms with Gasteiger partial charge in [0.2, 0.25) is 0 Å². The van der Waals surface area contributed by atoms with Crippen molar-refractivity contribution in [1.82, 2.24) is 0 Å². The van der Waals surface area contributed by atoms with Gasteiger partial charge >= 0.3 is 0 Å². The van der Waals surface area contributed by atoms with Gasteiger partial charge in [0.15, 0.2) is 0 Å². The molecule has 0 amide bonds. The molecule has 0 aliphatic heterocycles. The van der Waals surface area contributed by atoms with Crippen molar-refractivity contribution < 1.29 is 14.6 Å². The smallest absolute Gasteiger partial charge is 0.0806 e. The summed E-state index contributed by atoms with van der Waals surface area (Å²) >= 11 is 0. The molecular formula is C10H22O3. The minimum atomic E-state index is 0.000376. The summed E-state index contributed by atoms with van der Waals surface area (Å²) in [5.41, 5.74) is 0. The first-order valence-corrected chi connectivity index (χ1v) is 5.15. The van der Waals surface area contributed by atoms with Crippen LogP contribution < -0.4 is 0 Å². The van der Waals surface area contributed by atoms with Gasteiger partial charge in [0, 0.05) is 6.61 Å². The van der Waals surface area contributed by atoms with Gasteiger partial charge in [0.1, 0.15) is 0 Å². The average Bonchev–Trinajstić information content (AvgIpc) is 2.17. The molecule has 0 fully saturated rings. The number of unbranched alkanes of at least 4 members (excludes halogenated alkanes) is 1. The largest absolute Gasteiger partial charge is 0.394 e. The Kier molecular flexibility index (Phi) is 9.87. The van der Waals surface area contributed by atoms with E-state index in [0.717, 1.165) is 25.9 Å².